The van der Waals surface area contributed by atoms with Gasteiger partial charge in [-0.05, 0) is 23.9 Å². The van der Waals surface area contributed by atoms with Gasteiger partial charge in [0.2, 0.25) is 0 Å². The van der Waals surface area contributed by atoms with Crippen LogP contribution in [0.2, 0.25) is 0 Å². The zero-order valence-corrected chi connectivity index (χ0v) is 10.2. The minimum atomic E-state index is -0.478. The molecule has 0 spiro atoms. The third-order valence-corrected chi connectivity index (χ3v) is 3.31. The van der Waals surface area contributed by atoms with Gasteiger partial charge in [0.1, 0.15) is 12.0 Å². The zero-order valence-electron chi connectivity index (χ0n) is 9.40. The van der Waals surface area contributed by atoms with Crippen molar-refractivity contribution in [3.05, 3.63) is 34.6 Å². The predicted molar refractivity (Wildman–Crippen MR) is 66.0 cm³/mol. The highest BCUT2D eigenvalue weighted by molar-refractivity contribution is 7.99. The van der Waals surface area contributed by atoms with E-state index < -0.39 is 4.92 Å². The molecule has 0 saturated carbocycles. The topological polar surface area (TPSA) is 112 Å². The Bertz CT molecular complexity index is 584. The van der Waals surface area contributed by atoms with Crippen LogP contribution in [0.3, 0.4) is 0 Å². The molecule has 0 radical (unpaired) electrons. The Balaban J connectivity index is 2.44. The molecule has 18 heavy (non-hydrogen) atoms. The van der Waals surface area contributed by atoms with E-state index >= 15 is 0 Å². The summed E-state index contributed by atoms with van der Waals surface area (Å²) in [6, 6.07) is 4.86. The van der Waals surface area contributed by atoms with E-state index in [-0.39, 0.29) is 11.4 Å². The van der Waals surface area contributed by atoms with E-state index in [0.29, 0.717) is 10.1 Å². The average molecular weight is 266 g/mol. The number of nitrogen functional groups attached to an aromatic ring is 1. The first-order valence-corrected chi connectivity index (χ1v) is 5.71. The van der Waals surface area contributed by atoms with Gasteiger partial charge in [0.15, 0.2) is 5.16 Å². The maximum Gasteiger partial charge on any atom is 0.307 e. The minimum absolute atomic E-state index is 0.0759. The molecule has 0 aliphatic heterocycles. The Hall–Kier alpha value is -2.13. The number of nitrogens with two attached hydrogens (primary N) is 1. The van der Waals surface area contributed by atoms with Crippen LogP contribution in [0.4, 0.5) is 11.4 Å². The Labute approximate surface area is 106 Å². The SMILES string of the molecule is Cn1cnnc1Sc1cccc(NN)c1[N+](=O)[O-]. The number of benzene rings is 1. The highest BCUT2D eigenvalue weighted by Crippen LogP contribution is 2.37. The fraction of sp³-hybridized carbons (Fsp3) is 0.111. The number of para-hydroxylation sites is 1. The van der Waals surface area contributed by atoms with Crippen LogP contribution in [0.15, 0.2) is 34.6 Å². The quantitative estimate of drug-likeness (QED) is 0.485. The average Bonchev–Trinajstić information content (AvgIpc) is 2.74. The molecule has 0 unspecified atom stereocenters. The largest absolute Gasteiger partial charge is 0.318 e. The molecule has 94 valence electrons. The Morgan fingerprint density at radius 3 is 2.89 bits per heavy atom. The number of hydrogen-bond acceptors (Lipinski definition) is 7. The number of hydrazine groups is 1. The molecular formula is C9H10N6O2S. The van der Waals surface area contributed by atoms with Crippen LogP contribution >= 0.6 is 11.8 Å². The van der Waals surface area contributed by atoms with Gasteiger partial charge in [-0.1, -0.05) is 6.07 Å². The lowest BCUT2D eigenvalue weighted by atomic mass is 10.3. The van der Waals surface area contributed by atoms with E-state index in [9.17, 15) is 10.1 Å². The molecule has 0 fully saturated rings. The first-order valence-electron chi connectivity index (χ1n) is 4.89. The number of nitrogens with zero attached hydrogens (tertiary/aromatic N) is 4. The lowest BCUT2D eigenvalue weighted by Gasteiger charge is -2.06. The van der Waals surface area contributed by atoms with Crippen molar-refractivity contribution in [3.8, 4) is 0 Å². The molecule has 0 aliphatic carbocycles. The van der Waals surface area contributed by atoms with Crippen LogP contribution in [-0.4, -0.2) is 19.7 Å². The Kier molecular flexibility index (Phi) is 3.44. The maximum absolute atomic E-state index is 11.1. The van der Waals surface area contributed by atoms with Gasteiger partial charge >= 0.3 is 5.69 Å². The Morgan fingerprint density at radius 1 is 1.56 bits per heavy atom. The minimum Gasteiger partial charge on any atom is -0.318 e. The number of nitro groups is 1. The van der Waals surface area contributed by atoms with Crippen LogP contribution in [0.5, 0.6) is 0 Å². The number of aromatic nitrogens is 3. The molecular weight excluding hydrogens is 256 g/mol. The van der Waals surface area contributed by atoms with E-state index in [4.69, 9.17) is 5.84 Å². The number of aryl methyl sites for hydroxylation is 1. The van der Waals surface area contributed by atoms with Gasteiger partial charge < -0.3 is 9.99 Å². The summed E-state index contributed by atoms with van der Waals surface area (Å²) in [4.78, 5) is 11.0. The van der Waals surface area contributed by atoms with Crippen molar-refractivity contribution in [3.63, 3.8) is 0 Å². The second kappa shape index (κ2) is 5.02. The van der Waals surface area contributed by atoms with Gasteiger partial charge in [0.05, 0.1) is 9.82 Å². The van der Waals surface area contributed by atoms with Crippen molar-refractivity contribution in [2.75, 3.05) is 5.43 Å². The second-order valence-corrected chi connectivity index (χ2v) is 4.39. The third-order valence-electron chi connectivity index (χ3n) is 2.21. The second-order valence-electron chi connectivity index (χ2n) is 3.38. The molecule has 1 aromatic heterocycles. The van der Waals surface area contributed by atoms with Crippen LogP contribution in [0.1, 0.15) is 0 Å². The monoisotopic (exact) mass is 266 g/mol. The van der Waals surface area contributed by atoms with Crippen LogP contribution in [-0.2, 0) is 7.05 Å². The highest BCUT2D eigenvalue weighted by Gasteiger charge is 2.21. The van der Waals surface area contributed by atoms with E-state index in [1.165, 1.54) is 6.33 Å². The summed E-state index contributed by atoms with van der Waals surface area (Å²) >= 11 is 1.16. The smallest absolute Gasteiger partial charge is 0.307 e. The van der Waals surface area contributed by atoms with Gasteiger partial charge in [-0.15, -0.1) is 10.2 Å². The summed E-state index contributed by atoms with van der Waals surface area (Å²) in [5.74, 6) is 5.26. The summed E-state index contributed by atoms with van der Waals surface area (Å²) < 4.78 is 1.68. The standard InChI is InChI=1S/C9H10N6O2S/c1-14-5-11-13-9(14)18-7-4-2-3-6(12-10)8(7)15(16)17/h2-5,12H,10H2,1H3. The summed E-state index contributed by atoms with van der Waals surface area (Å²) in [7, 11) is 1.76. The molecule has 1 aromatic carbocycles. The van der Waals surface area contributed by atoms with E-state index in [2.05, 4.69) is 15.6 Å². The number of hydrogen-bond donors (Lipinski definition) is 2. The fourth-order valence-corrected chi connectivity index (χ4v) is 2.28. The fourth-order valence-electron chi connectivity index (χ4n) is 1.37. The normalized spacial score (nSPS) is 10.3. The molecule has 8 nitrogen and oxygen atoms in total. The number of nitro benzene ring substituents is 1. The zero-order chi connectivity index (χ0) is 13.1. The lowest BCUT2D eigenvalue weighted by molar-refractivity contribution is -0.386. The first-order chi connectivity index (χ1) is 8.63. The molecule has 2 aromatic rings. The molecule has 0 bridgehead atoms. The molecule has 9 heteroatoms. The van der Waals surface area contributed by atoms with Crippen molar-refractivity contribution < 1.29 is 4.92 Å². The van der Waals surface area contributed by atoms with E-state index in [1.54, 1.807) is 29.8 Å². The molecule has 0 amide bonds. The number of nitrogens with one attached hydrogen (secondary N) is 1. The third kappa shape index (κ3) is 2.26. The number of rotatable bonds is 4. The predicted octanol–water partition coefficient (Wildman–Crippen LogP) is 1.16. The van der Waals surface area contributed by atoms with Crippen molar-refractivity contribution in [1.82, 2.24) is 14.8 Å². The summed E-state index contributed by atoms with van der Waals surface area (Å²) in [5, 5.41) is 19.2. The van der Waals surface area contributed by atoms with E-state index in [0.717, 1.165) is 11.8 Å². The van der Waals surface area contributed by atoms with Crippen molar-refractivity contribution in [1.29, 1.82) is 0 Å². The van der Waals surface area contributed by atoms with Crippen molar-refractivity contribution >= 4 is 23.1 Å². The molecule has 1 heterocycles. The molecule has 0 aliphatic rings. The summed E-state index contributed by atoms with van der Waals surface area (Å²) in [5.41, 5.74) is 2.49. The summed E-state index contributed by atoms with van der Waals surface area (Å²) in [6.45, 7) is 0. The van der Waals surface area contributed by atoms with Gasteiger partial charge in [0, 0.05) is 7.05 Å². The number of anilines is 1. The van der Waals surface area contributed by atoms with Crippen molar-refractivity contribution in [2.24, 2.45) is 12.9 Å². The highest BCUT2D eigenvalue weighted by atomic mass is 32.2. The summed E-state index contributed by atoms with van der Waals surface area (Å²) in [6.07, 6.45) is 1.53. The first kappa shape index (κ1) is 12.3. The van der Waals surface area contributed by atoms with Gasteiger partial charge in [-0.25, -0.2) is 0 Å². The lowest BCUT2D eigenvalue weighted by Crippen LogP contribution is -2.09. The molecule has 0 saturated heterocycles. The van der Waals surface area contributed by atoms with Crippen LogP contribution in [0.25, 0.3) is 0 Å². The Morgan fingerprint density at radius 2 is 2.33 bits per heavy atom. The van der Waals surface area contributed by atoms with Gasteiger partial charge in [0.25, 0.3) is 0 Å². The van der Waals surface area contributed by atoms with Gasteiger partial charge in [-0.2, -0.15) is 0 Å². The molecule has 0 atom stereocenters. The maximum atomic E-state index is 11.1. The van der Waals surface area contributed by atoms with Crippen LogP contribution < -0.4 is 11.3 Å². The van der Waals surface area contributed by atoms with E-state index in [1.807, 2.05) is 0 Å². The van der Waals surface area contributed by atoms with Gasteiger partial charge in [-0.3, -0.25) is 16.0 Å². The van der Waals surface area contributed by atoms with Crippen LogP contribution in [0, 0.1) is 10.1 Å². The molecule has 3 N–H and O–H groups in total. The van der Waals surface area contributed by atoms with Crippen molar-refractivity contribution in [2.45, 2.75) is 10.1 Å². The molecule has 2 rings (SSSR count).